The maximum Gasteiger partial charge on any atom is 0.205 e. The summed E-state index contributed by atoms with van der Waals surface area (Å²) in [6.07, 6.45) is 0. The molecule has 0 bridgehead atoms. The number of aromatic hydroxyl groups is 1. The molecule has 3 N–H and O–H groups in total. The molecule has 0 saturated heterocycles. The van der Waals surface area contributed by atoms with Crippen molar-refractivity contribution in [2.24, 2.45) is 5.73 Å². The fourth-order valence-electron chi connectivity index (χ4n) is 3.34. The van der Waals surface area contributed by atoms with E-state index in [1.54, 1.807) is 24.3 Å². The van der Waals surface area contributed by atoms with Gasteiger partial charge in [0.2, 0.25) is 5.88 Å². The third-order valence-electron chi connectivity index (χ3n) is 4.80. The van der Waals surface area contributed by atoms with Gasteiger partial charge >= 0.3 is 0 Å². The molecule has 4 rings (SSSR count). The summed E-state index contributed by atoms with van der Waals surface area (Å²) in [5.41, 5.74) is 8.79. The zero-order valence-corrected chi connectivity index (χ0v) is 18.5. The van der Waals surface area contributed by atoms with Crippen LogP contribution < -0.4 is 15.2 Å². The Morgan fingerprint density at radius 3 is 2.60 bits per heavy atom. The molecule has 150 valence electrons. The van der Waals surface area contributed by atoms with Crippen molar-refractivity contribution in [3.63, 3.8) is 0 Å². The van der Waals surface area contributed by atoms with Crippen LogP contribution in [0.5, 0.6) is 17.2 Å². The van der Waals surface area contributed by atoms with Crippen molar-refractivity contribution >= 4 is 34.2 Å². The SMILES string of the molecule is N#CC1=C(N)Oc2cc(O)ccc2[C@@H]1c1ccc(OCc2ccc(I)cc2)c(Cl)c1. The minimum atomic E-state index is -0.456. The van der Waals surface area contributed by atoms with E-state index in [0.29, 0.717) is 23.1 Å². The number of halogens is 2. The number of fused-ring (bicyclic) bond motifs is 1. The van der Waals surface area contributed by atoms with Gasteiger partial charge in [-0.15, -0.1) is 0 Å². The molecule has 0 amide bonds. The molecule has 0 radical (unpaired) electrons. The number of rotatable bonds is 4. The molecule has 0 saturated carbocycles. The molecular weight excluding hydrogens is 515 g/mol. The van der Waals surface area contributed by atoms with Gasteiger partial charge in [-0.1, -0.05) is 35.9 Å². The van der Waals surface area contributed by atoms with Gasteiger partial charge in [-0.3, -0.25) is 0 Å². The summed E-state index contributed by atoms with van der Waals surface area (Å²) in [7, 11) is 0. The molecular formula is C23H16ClIN2O3. The van der Waals surface area contributed by atoms with Crippen LogP contribution in [0, 0.1) is 14.9 Å². The number of nitrogens with zero attached hydrogens (tertiary/aromatic N) is 1. The third-order valence-corrected chi connectivity index (χ3v) is 5.81. The molecule has 5 nitrogen and oxygen atoms in total. The van der Waals surface area contributed by atoms with Crippen LogP contribution in [0.4, 0.5) is 0 Å². The van der Waals surface area contributed by atoms with Gasteiger partial charge in [-0.2, -0.15) is 5.26 Å². The average molecular weight is 531 g/mol. The fraction of sp³-hybridized carbons (Fsp3) is 0.0870. The number of allylic oxidation sites excluding steroid dienone is 1. The van der Waals surface area contributed by atoms with Crippen molar-refractivity contribution in [2.75, 3.05) is 0 Å². The van der Waals surface area contributed by atoms with Crippen molar-refractivity contribution in [3.05, 3.63) is 97.4 Å². The van der Waals surface area contributed by atoms with E-state index in [9.17, 15) is 10.4 Å². The Morgan fingerprint density at radius 2 is 1.90 bits per heavy atom. The predicted octanol–water partition coefficient (Wildman–Crippen LogP) is 5.45. The molecule has 0 spiro atoms. The van der Waals surface area contributed by atoms with E-state index in [1.165, 1.54) is 6.07 Å². The molecule has 0 unspecified atom stereocenters. The highest BCUT2D eigenvalue weighted by Crippen LogP contribution is 2.44. The average Bonchev–Trinajstić information content (AvgIpc) is 2.73. The second-order valence-corrected chi connectivity index (χ2v) is 8.40. The first-order chi connectivity index (χ1) is 14.5. The van der Waals surface area contributed by atoms with Gasteiger partial charge in [0.1, 0.15) is 35.5 Å². The van der Waals surface area contributed by atoms with Crippen molar-refractivity contribution in [1.29, 1.82) is 5.26 Å². The zero-order chi connectivity index (χ0) is 21.3. The topological polar surface area (TPSA) is 88.5 Å². The van der Waals surface area contributed by atoms with Crippen LogP contribution in [0.15, 0.2) is 72.1 Å². The van der Waals surface area contributed by atoms with E-state index in [4.69, 9.17) is 26.8 Å². The first-order valence-corrected chi connectivity index (χ1v) is 10.5. The van der Waals surface area contributed by atoms with Gasteiger partial charge in [0.15, 0.2) is 0 Å². The van der Waals surface area contributed by atoms with E-state index in [0.717, 1.165) is 20.3 Å². The number of phenols is 1. The van der Waals surface area contributed by atoms with Gasteiger partial charge in [-0.25, -0.2) is 0 Å². The molecule has 1 aliphatic heterocycles. The minimum Gasteiger partial charge on any atom is -0.508 e. The smallest absolute Gasteiger partial charge is 0.205 e. The maximum atomic E-state index is 9.76. The quantitative estimate of drug-likeness (QED) is 0.438. The lowest BCUT2D eigenvalue weighted by molar-refractivity contribution is 0.306. The monoisotopic (exact) mass is 530 g/mol. The molecule has 7 heteroatoms. The van der Waals surface area contributed by atoms with Crippen LogP contribution >= 0.6 is 34.2 Å². The van der Waals surface area contributed by atoms with Crippen LogP contribution in [0.2, 0.25) is 5.02 Å². The van der Waals surface area contributed by atoms with Crippen molar-refractivity contribution in [1.82, 2.24) is 0 Å². The van der Waals surface area contributed by atoms with Crippen LogP contribution in [0.3, 0.4) is 0 Å². The van der Waals surface area contributed by atoms with Gasteiger partial charge in [0, 0.05) is 15.2 Å². The molecule has 1 atom stereocenters. The van der Waals surface area contributed by atoms with Crippen LogP contribution in [0.25, 0.3) is 0 Å². The summed E-state index contributed by atoms with van der Waals surface area (Å²) in [6.45, 7) is 0.395. The van der Waals surface area contributed by atoms with E-state index >= 15 is 0 Å². The first-order valence-electron chi connectivity index (χ1n) is 9.03. The number of nitrogens with two attached hydrogens (primary N) is 1. The van der Waals surface area contributed by atoms with Gasteiger partial charge in [0.25, 0.3) is 0 Å². The fourth-order valence-corrected chi connectivity index (χ4v) is 3.95. The summed E-state index contributed by atoms with van der Waals surface area (Å²) < 4.78 is 12.6. The summed E-state index contributed by atoms with van der Waals surface area (Å²) >= 11 is 8.75. The number of phenolic OH excluding ortho intramolecular Hbond substituents is 1. The third kappa shape index (κ3) is 4.04. The Kier molecular flexibility index (Phi) is 5.75. The van der Waals surface area contributed by atoms with Gasteiger partial charge in [0.05, 0.1) is 10.9 Å². The number of nitriles is 1. The molecule has 0 aromatic heterocycles. The largest absolute Gasteiger partial charge is 0.508 e. The number of hydrogen-bond donors (Lipinski definition) is 2. The van der Waals surface area contributed by atoms with Crippen LogP contribution in [0.1, 0.15) is 22.6 Å². The normalized spacial score (nSPS) is 15.2. The van der Waals surface area contributed by atoms with Gasteiger partial charge in [-0.05, 0) is 64.0 Å². The molecule has 1 aliphatic rings. The summed E-state index contributed by atoms with van der Waals surface area (Å²) in [4.78, 5) is 0. The van der Waals surface area contributed by atoms with Crippen molar-refractivity contribution in [2.45, 2.75) is 12.5 Å². The van der Waals surface area contributed by atoms with Crippen molar-refractivity contribution in [3.8, 4) is 23.3 Å². The lowest BCUT2D eigenvalue weighted by Gasteiger charge is -2.26. The molecule has 0 aliphatic carbocycles. The standard InChI is InChI=1S/C23H16ClIN2O3/c24-19-9-14(3-8-20(19)29-12-13-1-4-15(25)5-2-13)22-17-7-6-16(28)10-21(17)30-23(27)18(22)11-26/h1-10,22,28H,12,27H2/t22-/m0/s1. The lowest BCUT2D eigenvalue weighted by Crippen LogP contribution is -2.21. The summed E-state index contributed by atoms with van der Waals surface area (Å²) in [5, 5.41) is 19.8. The van der Waals surface area contributed by atoms with Crippen LogP contribution in [-0.4, -0.2) is 5.11 Å². The lowest BCUT2D eigenvalue weighted by atomic mass is 9.83. The molecule has 3 aromatic carbocycles. The Labute approximate surface area is 192 Å². The number of ether oxygens (including phenoxy) is 2. The Hall–Kier alpha value is -2.89. The Balaban J connectivity index is 1.65. The van der Waals surface area contributed by atoms with Crippen LogP contribution in [-0.2, 0) is 6.61 Å². The maximum absolute atomic E-state index is 9.76. The predicted molar refractivity (Wildman–Crippen MR) is 122 cm³/mol. The highest BCUT2D eigenvalue weighted by Gasteiger charge is 2.31. The highest BCUT2D eigenvalue weighted by atomic mass is 127. The Morgan fingerprint density at radius 1 is 1.13 bits per heavy atom. The van der Waals surface area contributed by atoms with E-state index < -0.39 is 5.92 Å². The number of benzene rings is 3. The number of hydrogen-bond acceptors (Lipinski definition) is 5. The first kappa shape index (κ1) is 20.4. The second kappa shape index (κ2) is 8.46. The molecule has 1 heterocycles. The minimum absolute atomic E-state index is 0.00996. The van der Waals surface area contributed by atoms with Gasteiger partial charge < -0.3 is 20.3 Å². The van der Waals surface area contributed by atoms with E-state index in [-0.39, 0.29) is 17.2 Å². The summed E-state index contributed by atoms with van der Waals surface area (Å²) in [5.74, 6) is 0.565. The second-order valence-electron chi connectivity index (χ2n) is 6.75. The van der Waals surface area contributed by atoms with Crippen molar-refractivity contribution < 1.29 is 14.6 Å². The molecule has 30 heavy (non-hydrogen) atoms. The van der Waals surface area contributed by atoms with E-state index in [2.05, 4.69) is 28.7 Å². The molecule has 0 fully saturated rings. The summed E-state index contributed by atoms with van der Waals surface area (Å²) in [6, 6.07) is 20.3. The molecule has 3 aromatic rings. The zero-order valence-electron chi connectivity index (χ0n) is 15.6. The Bertz CT molecular complexity index is 1190. The highest BCUT2D eigenvalue weighted by molar-refractivity contribution is 14.1. The van der Waals surface area contributed by atoms with E-state index in [1.807, 2.05) is 30.3 Å².